The molecule has 17 heavy (non-hydrogen) atoms. The molecule has 0 spiro atoms. The second-order valence-electron chi connectivity index (χ2n) is 4.79. The number of carbonyl (C=O) groups excluding carboxylic acids is 1. The third-order valence-corrected chi connectivity index (χ3v) is 3.28. The van der Waals surface area contributed by atoms with Gasteiger partial charge in [0.05, 0.1) is 6.61 Å². The van der Waals surface area contributed by atoms with Crippen molar-refractivity contribution in [1.82, 2.24) is 5.32 Å². The maximum atomic E-state index is 11.8. The number of aliphatic hydroxyl groups is 1. The normalized spacial score (nSPS) is 19.0. The van der Waals surface area contributed by atoms with Crippen LogP contribution in [0.2, 0.25) is 0 Å². The average Bonchev–Trinajstić information content (AvgIpc) is 2.33. The molecule has 0 radical (unpaired) electrons. The van der Waals surface area contributed by atoms with Gasteiger partial charge >= 0.3 is 0 Å². The molecule has 0 atom stereocenters. The summed E-state index contributed by atoms with van der Waals surface area (Å²) in [5.74, 6) is 0.0509. The van der Waals surface area contributed by atoms with Gasteiger partial charge in [0, 0.05) is 18.8 Å². The van der Waals surface area contributed by atoms with Gasteiger partial charge in [0.2, 0.25) is 5.91 Å². The largest absolute Gasteiger partial charge is 0.392 e. The van der Waals surface area contributed by atoms with E-state index in [1.165, 1.54) is 0 Å². The molecule has 1 fully saturated rings. The zero-order valence-electron chi connectivity index (χ0n) is 10.2. The summed E-state index contributed by atoms with van der Waals surface area (Å²) in [6.07, 6.45) is 0. The first-order valence-electron chi connectivity index (χ1n) is 5.81. The Morgan fingerprint density at radius 1 is 1.35 bits per heavy atom. The Morgan fingerprint density at radius 3 is 2.59 bits per heavy atom. The van der Waals surface area contributed by atoms with Crippen molar-refractivity contribution in [3.05, 3.63) is 29.8 Å². The van der Waals surface area contributed by atoms with Crippen LogP contribution in [0.1, 0.15) is 19.4 Å². The highest BCUT2D eigenvalue weighted by Crippen LogP contribution is 2.26. The van der Waals surface area contributed by atoms with E-state index in [4.69, 9.17) is 5.11 Å². The predicted molar refractivity (Wildman–Crippen MR) is 66.8 cm³/mol. The van der Waals surface area contributed by atoms with Gasteiger partial charge in [-0.2, -0.15) is 0 Å². The topological polar surface area (TPSA) is 52.6 Å². The fourth-order valence-electron chi connectivity index (χ4n) is 2.13. The third kappa shape index (κ3) is 2.13. The third-order valence-electron chi connectivity index (χ3n) is 3.28. The summed E-state index contributed by atoms with van der Waals surface area (Å²) in [6, 6.07) is 7.67. The van der Waals surface area contributed by atoms with Gasteiger partial charge in [0.15, 0.2) is 0 Å². The van der Waals surface area contributed by atoms with Crippen LogP contribution in [0.4, 0.5) is 5.69 Å². The number of piperazine rings is 1. The second-order valence-corrected chi connectivity index (χ2v) is 4.79. The molecule has 2 rings (SSSR count). The molecule has 1 amide bonds. The highest BCUT2D eigenvalue weighted by Gasteiger charge is 2.37. The molecule has 4 nitrogen and oxygen atoms in total. The Morgan fingerprint density at radius 2 is 2.00 bits per heavy atom. The smallest absolute Gasteiger partial charge is 0.245 e. The Bertz CT molecular complexity index is 412. The lowest BCUT2D eigenvalue weighted by atomic mass is 9.97. The maximum absolute atomic E-state index is 11.8. The summed E-state index contributed by atoms with van der Waals surface area (Å²) in [4.78, 5) is 13.9. The molecular weight excluding hydrogens is 216 g/mol. The quantitative estimate of drug-likeness (QED) is 0.799. The molecule has 1 aromatic carbocycles. The summed E-state index contributed by atoms with van der Waals surface area (Å²) >= 11 is 0. The van der Waals surface area contributed by atoms with Crippen molar-refractivity contribution in [3.63, 3.8) is 0 Å². The van der Waals surface area contributed by atoms with Crippen LogP contribution in [0.3, 0.4) is 0 Å². The fraction of sp³-hybridized carbons (Fsp3) is 0.462. The molecule has 0 aromatic heterocycles. The predicted octanol–water partition coefficient (Wildman–Crippen LogP) is 0.894. The minimum absolute atomic E-state index is 0.0458. The van der Waals surface area contributed by atoms with Crippen LogP contribution < -0.4 is 10.2 Å². The SMILES string of the molecule is CC1(C)C(=O)NCCN1c1ccc(CO)cc1. The van der Waals surface area contributed by atoms with E-state index in [2.05, 4.69) is 10.2 Å². The van der Waals surface area contributed by atoms with E-state index in [0.717, 1.165) is 17.8 Å². The number of nitrogens with one attached hydrogen (secondary N) is 1. The summed E-state index contributed by atoms with van der Waals surface area (Å²) in [6.45, 7) is 5.36. The van der Waals surface area contributed by atoms with Crippen molar-refractivity contribution in [2.45, 2.75) is 26.0 Å². The molecule has 0 aliphatic carbocycles. The Balaban J connectivity index is 2.28. The Kier molecular flexibility index (Phi) is 3.07. The summed E-state index contributed by atoms with van der Waals surface area (Å²) in [5, 5.41) is 11.9. The summed E-state index contributed by atoms with van der Waals surface area (Å²) in [7, 11) is 0. The molecule has 1 aliphatic heterocycles. The number of carbonyl (C=O) groups is 1. The van der Waals surface area contributed by atoms with E-state index in [1.54, 1.807) is 0 Å². The molecule has 2 N–H and O–H groups in total. The molecule has 92 valence electrons. The van der Waals surface area contributed by atoms with E-state index in [1.807, 2.05) is 38.1 Å². The van der Waals surface area contributed by atoms with Crippen LogP contribution >= 0.6 is 0 Å². The number of benzene rings is 1. The number of anilines is 1. The molecule has 4 heteroatoms. The first kappa shape index (κ1) is 11.9. The van der Waals surface area contributed by atoms with Crippen molar-refractivity contribution >= 4 is 11.6 Å². The van der Waals surface area contributed by atoms with Gasteiger partial charge < -0.3 is 15.3 Å². The number of amides is 1. The minimum atomic E-state index is -0.529. The van der Waals surface area contributed by atoms with Crippen LogP contribution in [0.5, 0.6) is 0 Å². The van der Waals surface area contributed by atoms with Gasteiger partial charge in [0.25, 0.3) is 0 Å². The molecule has 0 bridgehead atoms. The van der Waals surface area contributed by atoms with Crippen molar-refractivity contribution in [2.75, 3.05) is 18.0 Å². The van der Waals surface area contributed by atoms with Gasteiger partial charge in [-0.1, -0.05) is 12.1 Å². The highest BCUT2D eigenvalue weighted by atomic mass is 16.3. The zero-order chi connectivity index (χ0) is 12.5. The Labute approximate surface area is 101 Å². The number of nitrogens with zero attached hydrogens (tertiary/aromatic N) is 1. The van der Waals surface area contributed by atoms with Gasteiger partial charge in [0.1, 0.15) is 5.54 Å². The van der Waals surface area contributed by atoms with Crippen LogP contribution in [0, 0.1) is 0 Å². The molecule has 1 saturated heterocycles. The zero-order valence-corrected chi connectivity index (χ0v) is 10.2. The summed E-state index contributed by atoms with van der Waals surface area (Å²) < 4.78 is 0. The fourth-order valence-corrected chi connectivity index (χ4v) is 2.13. The van der Waals surface area contributed by atoms with Crippen molar-refractivity contribution in [3.8, 4) is 0 Å². The first-order chi connectivity index (χ1) is 8.05. The average molecular weight is 234 g/mol. The van der Waals surface area contributed by atoms with Crippen molar-refractivity contribution < 1.29 is 9.90 Å². The number of rotatable bonds is 2. The highest BCUT2D eigenvalue weighted by molar-refractivity contribution is 5.90. The molecule has 0 unspecified atom stereocenters. The van der Waals surface area contributed by atoms with E-state index >= 15 is 0 Å². The second kappa shape index (κ2) is 4.37. The van der Waals surface area contributed by atoms with E-state index in [9.17, 15) is 4.79 Å². The summed E-state index contributed by atoms with van der Waals surface area (Å²) in [5.41, 5.74) is 1.37. The molecule has 1 aliphatic rings. The first-order valence-corrected chi connectivity index (χ1v) is 5.81. The molecule has 1 heterocycles. The molecule has 1 aromatic rings. The molecular formula is C13H18N2O2. The number of hydrogen-bond acceptors (Lipinski definition) is 3. The van der Waals surface area contributed by atoms with Crippen LogP contribution in [-0.4, -0.2) is 29.6 Å². The number of aliphatic hydroxyl groups excluding tert-OH is 1. The lowest BCUT2D eigenvalue weighted by molar-refractivity contribution is -0.126. The van der Waals surface area contributed by atoms with Crippen LogP contribution in [-0.2, 0) is 11.4 Å². The standard InChI is InChI=1S/C13H18N2O2/c1-13(2)12(17)14-7-8-15(13)11-5-3-10(9-16)4-6-11/h3-6,16H,7-9H2,1-2H3,(H,14,17). The van der Waals surface area contributed by atoms with Crippen molar-refractivity contribution in [2.24, 2.45) is 0 Å². The van der Waals surface area contributed by atoms with E-state index < -0.39 is 5.54 Å². The van der Waals surface area contributed by atoms with Crippen LogP contribution in [0.25, 0.3) is 0 Å². The maximum Gasteiger partial charge on any atom is 0.245 e. The monoisotopic (exact) mass is 234 g/mol. The van der Waals surface area contributed by atoms with Crippen LogP contribution in [0.15, 0.2) is 24.3 Å². The van der Waals surface area contributed by atoms with Gasteiger partial charge in [-0.25, -0.2) is 0 Å². The van der Waals surface area contributed by atoms with E-state index in [0.29, 0.717) is 6.54 Å². The molecule has 0 saturated carbocycles. The van der Waals surface area contributed by atoms with Crippen molar-refractivity contribution in [1.29, 1.82) is 0 Å². The van der Waals surface area contributed by atoms with Gasteiger partial charge in [-0.3, -0.25) is 4.79 Å². The Hall–Kier alpha value is -1.55. The van der Waals surface area contributed by atoms with Gasteiger partial charge in [-0.05, 0) is 31.5 Å². The van der Waals surface area contributed by atoms with Gasteiger partial charge in [-0.15, -0.1) is 0 Å². The lowest BCUT2D eigenvalue weighted by Gasteiger charge is -2.42. The minimum Gasteiger partial charge on any atom is -0.392 e. The van der Waals surface area contributed by atoms with E-state index in [-0.39, 0.29) is 12.5 Å². The number of hydrogen-bond donors (Lipinski definition) is 2. The lowest BCUT2D eigenvalue weighted by Crippen LogP contribution is -2.62.